The standard InChI is InChI=1S/C17H17IN8O3/c18-10-26-13-4-5-14(21-12-3-1-2-11(8-12)17(28)23-29)22-16(13)25(9-15(26)27)7-6-20-24-19/h1-5,8,14,21-22H,6-7,9-10H2. The molecule has 0 radical (unpaired) electrons. The normalized spacial score (nSPS) is 18.0. The van der Waals surface area contributed by atoms with Crippen LogP contribution in [0.3, 0.4) is 0 Å². The molecule has 2 heterocycles. The minimum Gasteiger partial charge on any atom is -0.362 e. The summed E-state index contributed by atoms with van der Waals surface area (Å²) in [4.78, 5) is 40.7. The summed E-state index contributed by atoms with van der Waals surface area (Å²) >= 11 is 2.13. The fourth-order valence-corrected chi connectivity index (χ4v) is 3.81. The van der Waals surface area contributed by atoms with Gasteiger partial charge in [0, 0.05) is 34.4 Å². The Balaban J connectivity index is 1.80. The van der Waals surface area contributed by atoms with Gasteiger partial charge in [-0.3, -0.25) is 14.5 Å². The van der Waals surface area contributed by atoms with E-state index in [9.17, 15) is 14.5 Å². The number of rotatable bonds is 7. The van der Waals surface area contributed by atoms with Crippen molar-refractivity contribution in [3.8, 4) is 0 Å². The highest BCUT2D eigenvalue weighted by molar-refractivity contribution is 14.1. The van der Waals surface area contributed by atoms with E-state index < -0.39 is 5.91 Å². The lowest BCUT2D eigenvalue weighted by atomic mass is 10.1. The number of dihydropyridines is 1. The van der Waals surface area contributed by atoms with Crippen molar-refractivity contribution >= 4 is 40.1 Å². The van der Waals surface area contributed by atoms with Gasteiger partial charge >= 0.3 is 5.91 Å². The zero-order valence-corrected chi connectivity index (χ0v) is 17.3. The Morgan fingerprint density at radius 1 is 1.45 bits per heavy atom. The number of amides is 2. The van der Waals surface area contributed by atoms with Gasteiger partial charge in [-0.15, -0.1) is 4.91 Å². The van der Waals surface area contributed by atoms with Crippen molar-refractivity contribution in [1.82, 2.24) is 15.1 Å². The van der Waals surface area contributed by atoms with E-state index in [1.54, 1.807) is 23.1 Å². The Bertz CT molecular complexity index is 940. The molecule has 0 aromatic heterocycles. The van der Waals surface area contributed by atoms with Crippen molar-refractivity contribution in [3.63, 3.8) is 0 Å². The Morgan fingerprint density at radius 3 is 3.00 bits per heavy atom. The van der Waals surface area contributed by atoms with Crippen LogP contribution in [-0.2, 0) is 4.79 Å². The molecule has 2 amide bonds. The van der Waals surface area contributed by atoms with Gasteiger partial charge in [-0.1, -0.05) is 33.8 Å². The molecule has 2 aliphatic rings. The van der Waals surface area contributed by atoms with Gasteiger partial charge in [0.2, 0.25) is 5.91 Å². The number of hydrogen-bond acceptors (Lipinski definition) is 7. The van der Waals surface area contributed by atoms with Crippen molar-refractivity contribution in [1.29, 1.82) is 0 Å². The van der Waals surface area contributed by atoms with Crippen LogP contribution in [0.15, 0.2) is 58.2 Å². The van der Waals surface area contributed by atoms with E-state index >= 15 is 0 Å². The molecule has 3 rings (SSSR count). The van der Waals surface area contributed by atoms with Gasteiger partial charge < -0.3 is 15.5 Å². The van der Waals surface area contributed by atoms with Gasteiger partial charge in [0.15, 0.2) is 0 Å². The van der Waals surface area contributed by atoms with E-state index in [-0.39, 0.29) is 30.7 Å². The summed E-state index contributed by atoms with van der Waals surface area (Å²) in [6, 6.07) is 6.48. The summed E-state index contributed by atoms with van der Waals surface area (Å²) in [6.45, 7) is 0.800. The summed E-state index contributed by atoms with van der Waals surface area (Å²) in [7, 11) is 0. The van der Waals surface area contributed by atoms with Crippen LogP contribution in [-0.4, -0.2) is 52.0 Å². The predicted octanol–water partition coefficient (Wildman–Crippen LogP) is 2.51. The highest BCUT2D eigenvalue weighted by Crippen LogP contribution is 2.25. The number of nitrogens with one attached hydrogen (secondary N) is 2. The van der Waals surface area contributed by atoms with Gasteiger partial charge in [0.1, 0.15) is 12.0 Å². The highest BCUT2D eigenvalue weighted by atomic mass is 127. The first-order valence-corrected chi connectivity index (χ1v) is 10.2. The summed E-state index contributed by atoms with van der Waals surface area (Å²) in [6.07, 6.45) is 3.38. The average molecular weight is 508 g/mol. The molecule has 2 aliphatic heterocycles. The summed E-state index contributed by atoms with van der Waals surface area (Å²) < 4.78 is 0.507. The van der Waals surface area contributed by atoms with Crippen LogP contribution in [0.25, 0.3) is 10.4 Å². The number of azide groups is 1. The van der Waals surface area contributed by atoms with Crippen molar-refractivity contribution in [2.45, 2.75) is 6.17 Å². The van der Waals surface area contributed by atoms with Crippen LogP contribution < -0.4 is 10.6 Å². The monoisotopic (exact) mass is 508 g/mol. The number of benzene rings is 1. The van der Waals surface area contributed by atoms with E-state index in [1.807, 2.05) is 17.1 Å². The number of carbonyl (C=O) groups is 2. The van der Waals surface area contributed by atoms with Gasteiger partial charge in [-0.2, -0.15) is 0 Å². The zero-order valence-electron chi connectivity index (χ0n) is 15.2. The minimum absolute atomic E-state index is 0.0375. The molecule has 1 aromatic rings. The number of nitroso groups, excluding NO2 is 1. The van der Waals surface area contributed by atoms with Gasteiger partial charge in [-0.25, -0.2) is 0 Å². The predicted molar refractivity (Wildman–Crippen MR) is 115 cm³/mol. The lowest BCUT2D eigenvalue weighted by molar-refractivity contribution is -0.130. The summed E-state index contributed by atoms with van der Waals surface area (Å²) in [5, 5.41) is 12.5. The molecule has 11 nitrogen and oxygen atoms in total. The van der Waals surface area contributed by atoms with Crippen LogP contribution in [0.5, 0.6) is 0 Å². The van der Waals surface area contributed by atoms with E-state index in [2.05, 4.69) is 48.4 Å². The SMILES string of the molecule is [N-]=[N+]=NCCN1CC(=O)N(CI)C2=C1NC(Nc1cccc(C(=O)N=O)c1)C=C2. The average Bonchev–Trinajstić information content (AvgIpc) is 2.74. The second-order valence-electron chi connectivity index (χ2n) is 6.15. The molecule has 0 aliphatic carbocycles. The number of alkyl halides is 1. The van der Waals surface area contributed by atoms with Crippen molar-refractivity contribution in [2.24, 2.45) is 10.3 Å². The van der Waals surface area contributed by atoms with E-state index in [4.69, 9.17) is 5.53 Å². The fraction of sp³-hybridized carbons (Fsp3) is 0.294. The maximum absolute atomic E-state index is 12.4. The molecule has 0 spiro atoms. The third-order valence-corrected chi connectivity index (χ3v) is 5.07. The number of halogens is 1. The molecule has 1 atom stereocenters. The number of allylic oxidation sites excluding steroid dienone is 1. The Hall–Kier alpha value is -3.12. The molecule has 0 saturated carbocycles. The molecule has 0 bridgehead atoms. The topological polar surface area (TPSA) is 143 Å². The van der Waals surface area contributed by atoms with Gasteiger partial charge in [0.25, 0.3) is 0 Å². The smallest absolute Gasteiger partial charge is 0.316 e. The van der Waals surface area contributed by atoms with Gasteiger partial charge in [-0.05, 0) is 35.9 Å². The molecule has 12 heteroatoms. The molecule has 1 aromatic carbocycles. The lowest BCUT2D eigenvalue weighted by Crippen LogP contribution is -2.53. The first kappa shape index (κ1) is 20.6. The zero-order chi connectivity index (χ0) is 20.8. The molecular weight excluding hydrogens is 491 g/mol. The second kappa shape index (κ2) is 9.39. The fourth-order valence-electron chi connectivity index (χ4n) is 3.06. The highest BCUT2D eigenvalue weighted by Gasteiger charge is 2.32. The third-order valence-electron chi connectivity index (χ3n) is 4.38. The largest absolute Gasteiger partial charge is 0.362 e. The van der Waals surface area contributed by atoms with Crippen LogP contribution in [0, 0.1) is 4.91 Å². The minimum atomic E-state index is -0.835. The maximum Gasteiger partial charge on any atom is 0.316 e. The first-order valence-electron chi connectivity index (χ1n) is 8.63. The van der Waals surface area contributed by atoms with Crippen molar-refractivity contribution in [3.05, 3.63) is 68.8 Å². The van der Waals surface area contributed by atoms with Crippen molar-refractivity contribution in [2.75, 3.05) is 29.5 Å². The van der Waals surface area contributed by atoms with Crippen LogP contribution in [0.2, 0.25) is 0 Å². The Morgan fingerprint density at radius 2 is 2.28 bits per heavy atom. The maximum atomic E-state index is 12.4. The quantitative estimate of drug-likeness (QED) is 0.110. The molecular formula is C17H17IN8O3. The summed E-state index contributed by atoms with van der Waals surface area (Å²) in [5.41, 5.74) is 10.1. The number of hydrogen-bond donors (Lipinski definition) is 2. The Kier molecular flexibility index (Phi) is 6.67. The molecule has 29 heavy (non-hydrogen) atoms. The van der Waals surface area contributed by atoms with Crippen LogP contribution in [0.4, 0.5) is 5.69 Å². The molecule has 0 fully saturated rings. The lowest BCUT2D eigenvalue weighted by Gasteiger charge is -2.41. The van der Waals surface area contributed by atoms with Crippen LogP contribution >= 0.6 is 22.6 Å². The van der Waals surface area contributed by atoms with Gasteiger partial charge in [0.05, 0.1) is 16.8 Å². The third kappa shape index (κ3) is 4.66. The number of anilines is 1. The Labute approximate surface area is 179 Å². The molecule has 0 saturated heterocycles. The summed E-state index contributed by atoms with van der Waals surface area (Å²) in [5.74, 6) is -0.126. The number of carbonyl (C=O) groups excluding carboxylic acids is 2. The van der Waals surface area contributed by atoms with E-state index in [0.717, 1.165) is 11.5 Å². The van der Waals surface area contributed by atoms with Crippen LogP contribution in [0.1, 0.15) is 10.4 Å². The van der Waals surface area contributed by atoms with E-state index in [0.29, 0.717) is 16.8 Å². The second-order valence-corrected chi connectivity index (χ2v) is 6.84. The number of nitrogens with zero attached hydrogens (tertiary/aromatic N) is 6. The van der Waals surface area contributed by atoms with E-state index in [1.165, 1.54) is 6.07 Å². The first-order chi connectivity index (χ1) is 14.1. The molecule has 2 N–H and O–H groups in total. The van der Waals surface area contributed by atoms with Crippen molar-refractivity contribution < 1.29 is 9.59 Å². The molecule has 150 valence electrons. The molecule has 1 unspecified atom stereocenters.